The number of nitrogens with one attached hydrogen (secondary N) is 1. The smallest absolute Gasteiger partial charge is 0.326 e. The number of amides is 1. The maximum Gasteiger partial charge on any atom is 0.326 e. The van der Waals surface area contributed by atoms with Crippen molar-refractivity contribution in [2.24, 2.45) is 0 Å². The minimum Gasteiger partial charge on any atom is -0.463 e. The Morgan fingerprint density at radius 2 is 1.85 bits per heavy atom. The number of carbonyl (C=O) groups is 1. The van der Waals surface area contributed by atoms with Crippen LogP contribution in [-0.2, 0) is 6.54 Å². The first-order valence-electron chi connectivity index (χ1n) is 11.4. The summed E-state index contributed by atoms with van der Waals surface area (Å²) in [5.74, 6) is -0.0295. The third-order valence-electron chi connectivity index (χ3n) is 6.71. The molecule has 1 aliphatic heterocycles. The second-order valence-electron chi connectivity index (χ2n) is 8.76. The molecule has 172 valence electrons. The summed E-state index contributed by atoms with van der Waals surface area (Å²) in [7, 11) is 0. The molecule has 0 aliphatic carbocycles. The second kappa shape index (κ2) is 8.25. The van der Waals surface area contributed by atoms with Crippen LogP contribution >= 0.6 is 11.6 Å². The van der Waals surface area contributed by atoms with E-state index in [9.17, 15) is 9.59 Å². The van der Waals surface area contributed by atoms with Crippen LogP contribution in [0.5, 0.6) is 0 Å². The fourth-order valence-electron chi connectivity index (χ4n) is 5.07. The van der Waals surface area contributed by atoms with E-state index in [1.54, 1.807) is 6.26 Å². The van der Waals surface area contributed by atoms with Crippen LogP contribution in [0.3, 0.4) is 0 Å². The van der Waals surface area contributed by atoms with Crippen molar-refractivity contribution in [3.63, 3.8) is 0 Å². The summed E-state index contributed by atoms with van der Waals surface area (Å²) < 4.78 is 9.43. The van der Waals surface area contributed by atoms with Gasteiger partial charge in [0, 0.05) is 42.8 Å². The summed E-state index contributed by atoms with van der Waals surface area (Å²) in [5, 5.41) is 0.663. The Kier molecular flexibility index (Phi) is 5.07. The topological polar surface area (TPSA) is 76.2 Å². The Morgan fingerprint density at radius 1 is 1.03 bits per heavy atom. The van der Waals surface area contributed by atoms with Gasteiger partial charge in [-0.2, -0.15) is 0 Å². The van der Waals surface area contributed by atoms with Gasteiger partial charge in [-0.1, -0.05) is 35.9 Å². The molecular weight excluding hydrogens is 452 g/mol. The van der Waals surface area contributed by atoms with Gasteiger partial charge in [0.05, 0.1) is 22.8 Å². The van der Waals surface area contributed by atoms with Crippen molar-refractivity contribution >= 4 is 39.6 Å². The molecule has 1 saturated heterocycles. The fourth-order valence-corrected chi connectivity index (χ4v) is 5.28. The number of piperidine rings is 1. The third-order valence-corrected chi connectivity index (χ3v) is 6.95. The largest absolute Gasteiger partial charge is 0.463 e. The molecule has 4 heterocycles. The number of fused-ring (bicyclic) bond motifs is 2. The molecule has 0 unspecified atom stereocenters. The Morgan fingerprint density at radius 3 is 2.68 bits per heavy atom. The number of para-hydroxylation sites is 2. The van der Waals surface area contributed by atoms with Crippen LogP contribution in [0.2, 0.25) is 5.02 Å². The first kappa shape index (κ1) is 20.9. The summed E-state index contributed by atoms with van der Waals surface area (Å²) >= 11 is 6.18. The van der Waals surface area contributed by atoms with Crippen molar-refractivity contribution < 1.29 is 9.21 Å². The third kappa shape index (κ3) is 3.53. The van der Waals surface area contributed by atoms with Crippen LogP contribution in [0.4, 0.5) is 0 Å². The summed E-state index contributed by atoms with van der Waals surface area (Å²) in [6.07, 6.45) is 3.08. The number of benzene rings is 2. The average molecular weight is 475 g/mol. The van der Waals surface area contributed by atoms with Crippen molar-refractivity contribution in [1.82, 2.24) is 19.0 Å². The predicted molar refractivity (Wildman–Crippen MR) is 131 cm³/mol. The van der Waals surface area contributed by atoms with E-state index in [0.29, 0.717) is 35.9 Å². The molecule has 8 heteroatoms. The number of imidazole rings is 1. The molecule has 34 heavy (non-hydrogen) atoms. The number of hydrogen-bond acceptors (Lipinski definition) is 3. The van der Waals surface area contributed by atoms with Gasteiger partial charge < -0.3 is 18.9 Å². The summed E-state index contributed by atoms with van der Waals surface area (Å²) in [5.41, 5.74) is 4.83. The van der Waals surface area contributed by atoms with Gasteiger partial charge >= 0.3 is 5.69 Å². The number of halogens is 1. The Balaban J connectivity index is 1.25. The van der Waals surface area contributed by atoms with Crippen LogP contribution in [0, 0.1) is 0 Å². The molecule has 6 rings (SSSR count). The van der Waals surface area contributed by atoms with Crippen molar-refractivity contribution in [3.8, 4) is 0 Å². The highest BCUT2D eigenvalue weighted by molar-refractivity contribution is 6.30. The Labute approximate surface area is 200 Å². The number of rotatable bonds is 4. The molecule has 0 atom stereocenters. The zero-order valence-electron chi connectivity index (χ0n) is 18.4. The SMILES string of the molecule is O=C(c1cc2occc2n1Cc1cccc(Cl)c1)N1CCC(n2c(=O)[nH]c3ccccc32)CC1. The average Bonchev–Trinajstić information content (AvgIpc) is 3.52. The standard InChI is InChI=1S/C26H23ClN4O3/c27-18-5-3-4-17(14-18)16-30-22-10-13-34-24(22)15-23(30)25(32)29-11-8-19(9-12-29)31-21-7-2-1-6-20(21)28-26(31)33/h1-7,10,13-15,19H,8-9,11-12,16H2,(H,28,33). The van der Waals surface area contributed by atoms with Crippen LogP contribution in [-0.4, -0.2) is 38.0 Å². The lowest BCUT2D eigenvalue weighted by atomic mass is 10.0. The van der Waals surface area contributed by atoms with E-state index in [0.717, 1.165) is 35.0 Å². The number of aromatic amines is 1. The van der Waals surface area contributed by atoms with Crippen molar-refractivity contribution in [1.29, 1.82) is 0 Å². The van der Waals surface area contributed by atoms with Gasteiger partial charge in [0.2, 0.25) is 0 Å². The molecule has 1 aliphatic rings. The minimum absolute atomic E-state index is 0.0295. The van der Waals surface area contributed by atoms with Gasteiger partial charge in [-0.25, -0.2) is 4.79 Å². The number of H-pyrrole nitrogens is 1. The van der Waals surface area contributed by atoms with E-state index in [1.165, 1.54) is 0 Å². The predicted octanol–water partition coefficient (Wildman–Crippen LogP) is 5.06. The quantitative estimate of drug-likeness (QED) is 0.395. The van der Waals surface area contributed by atoms with Gasteiger partial charge in [0.15, 0.2) is 5.58 Å². The number of furan rings is 1. The van der Waals surface area contributed by atoms with E-state index >= 15 is 0 Å². The highest BCUT2D eigenvalue weighted by atomic mass is 35.5. The molecule has 0 bridgehead atoms. The van der Waals surface area contributed by atoms with Gasteiger partial charge in [-0.05, 0) is 42.7 Å². The fraction of sp³-hybridized carbons (Fsp3) is 0.231. The molecule has 0 spiro atoms. The number of aromatic nitrogens is 3. The lowest BCUT2D eigenvalue weighted by Gasteiger charge is -2.32. The Bertz CT molecular complexity index is 1570. The van der Waals surface area contributed by atoms with E-state index in [2.05, 4.69) is 4.98 Å². The van der Waals surface area contributed by atoms with Crippen LogP contribution in [0.25, 0.3) is 22.1 Å². The van der Waals surface area contributed by atoms with Crippen molar-refractivity contribution in [2.45, 2.75) is 25.4 Å². The maximum absolute atomic E-state index is 13.6. The molecule has 5 aromatic rings. The van der Waals surface area contributed by atoms with Gasteiger partial charge in [0.1, 0.15) is 5.69 Å². The van der Waals surface area contributed by atoms with Gasteiger partial charge in [0.25, 0.3) is 5.91 Å². The van der Waals surface area contributed by atoms with Crippen LogP contribution < -0.4 is 5.69 Å². The first-order chi connectivity index (χ1) is 16.6. The highest BCUT2D eigenvalue weighted by Gasteiger charge is 2.29. The summed E-state index contributed by atoms with van der Waals surface area (Å²) in [6, 6.07) is 19.1. The zero-order valence-corrected chi connectivity index (χ0v) is 19.2. The number of nitrogens with zero attached hydrogens (tertiary/aromatic N) is 3. The number of hydrogen-bond donors (Lipinski definition) is 1. The maximum atomic E-state index is 13.6. The highest BCUT2D eigenvalue weighted by Crippen LogP contribution is 2.28. The molecule has 0 saturated carbocycles. The summed E-state index contributed by atoms with van der Waals surface area (Å²) in [4.78, 5) is 31.0. The molecule has 0 radical (unpaired) electrons. The van der Waals surface area contributed by atoms with Gasteiger partial charge in [-0.3, -0.25) is 9.36 Å². The zero-order chi connectivity index (χ0) is 23.2. The number of likely N-dealkylation sites (tertiary alicyclic amines) is 1. The lowest BCUT2D eigenvalue weighted by molar-refractivity contribution is 0.0685. The summed E-state index contributed by atoms with van der Waals surface area (Å²) in [6.45, 7) is 1.68. The van der Waals surface area contributed by atoms with Crippen LogP contribution in [0.1, 0.15) is 34.9 Å². The molecule has 1 fully saturated rings. The van der Waals surface area contributed by atoms with E-state index in [-0.39, 0.29) is 17.6 Å². The lowest BCUT2D eigenvalue weighted by Crippen LogP contribution is -2.41. The molecule has 2 aromatic carbocycles. The Hall–Kier alpha value is -3.71. The van der Waals surface area contributed by atoms with Crippen molar-refractivity contribution in [3.05, 3.63) is 93.7 Å². The monoisotopic (exact) mass is 474 g/mol. The normalized spacial score (nSPS) is 14.9. The molecule has 3 aromatic heterocycles. The molecule has 7 nitrogen and oxygen atoms in total. The van der Waals surface area contributed by atoms with E-state index < -0.39 is 0 Å². The number of carbonyl (C=O) groups excluding carboxylic acids is 1. The van der Waals surface area contributed by atoms with Gasteiger partial charge in [-0.15, -0.1) is 0 Å². The molecule has 1 N–H and O–H groups in total. The van der Waals surface area contributed by atoms with E-state index in [1.807, 2.05) is 74.7 Å². The molecular formula is C26H23ClN4O3. The molecule has 1 amide bonds. The minimum atomic E-state index is -0.0956. The second-order valence-corrected chi connectivity index (χ2v) is 9.19. The van der Waals surface area contributed by atoms with Crippen molar-refractivity contribution in [2.75, 3.05) is 13.1 Å². The van der Waals surface area contributed by atoms with Crippen LogP contribution in [0.15, 0.2) is 76.1 Å². The first-order valence-corrected chi connectivity index (χ1v) is 11.8. The van der Waals surface area contributed by atoms with E-state index in [4.69, 9.17) is 16.0 Å².